The van der Waals surface area contributed by atoms with Crippen LogP contribution in [0.1, 0.15) is 57.9 Å². The van der Waals surface area contributed by atoms with Gasteiger partial charge in [-0.2, -0.15) is 0 Å². The van der Waals surface area contributed by atoms with Crippen molar-refractivity contribution in [3.05, 3.63) is 23.8 Å². The highest BCUT2D eigenvalue weighted by Crippen LogP contribution is 2.42. The monoisotopic (exact) mass is 462 g/mol. The lowest BCUT2D eigenvalue weighted by Gasteiger charge is -2.29. The lowest BCUT2D eigenvalue weighted by Crippen LogP contribution is -2.46. The number of esters is 1. The van der Waals surface area contributed by atoms with Crippen LogP contribution in [0.15, 0.2) is 18.2 Å². The first-order valence-corrected chi connectivity index (χ1v) is 12.2. The number of nitrogens with zero attached hydrogens (tertiary/aromatic N) is 2. The van der Waals surface area contributed by atoms with E-state index in [4.69, 9.17) is 14.2 Å². The van der Waals surface area contributed by atoms with Crippen molar-refractivity contribution in [3.63, 3.8) is 0 Å². The van der Waals surface area contributed by atoms with Gasteiger partial charge in [-0.05, 0) is 37.5 Å². The number of likely N-dealkylation sites (tertiary alicyclic amines) is 1. The van der Waals surface area contributed by atoms with Gasteiger partial charge in [0.15, 0.2) is 11.5 Å². The molecule has 184 valence electrons. The van der Waals surface area contributed by atoms with Crippen molar-refractivity contribution in [2.24, 2.45) is 5.92 Å². The zero-order valence-corrected chi connectivity index (χ0v) is 20.1. The average Bonchev–Trinajstić information content (AvgIpc) is 3.43. The maximum atomic E-state index is 13.2. The molecule has 2 aliphatic rings. The van der Waals surface area contributed by atoms with Crippen LogP contribution in [-0.2, 0) is 14.3 Å². The van der Waals surface area contributed by atoms with E-state index in [1.807, 2.05) is 28.0 Å². The standard InChI is InChI=1S/C25H38N2O6/c1-4-7-11-26(12-8-5-2)23(29)15-27-14-19(24(20(27)16-28)25(30)31-6-3)18-9-10-21-22(13-18)33-17-32-21/h9-10,13,19-20,24,28H,4-8,11-12,14-17H2,1-3H3/t19-,20-,24+/m1/s1. The van der Waals surface area contributed by atoms with Gasteiger partial charge in [-0.15, -0.1) is 0 Å². The summed E-state index contributed by atoms with van der Waals surface area (Å²) in [6.45, 7) is 8.36. The number of carbonyl (C=O) groups excluding carboxylic acids is 2. The molecule has 33 heavy (non-hydrogen) atoms. The van der Waals surface area contributed by atoms with Crippen LogP contribution in [-0.4, -0.2) is 79.0 Å². The number of aliphatic hydroxyl groups excluding tert-OH is 1. The van der Waals surface area contributed by atoms with Gasteiger partial charge in [0.2, 0.25) is 12.7 Å². The van der Waals surface area contributed by atoms with E-state index >= 15 is 0 Å². The van der Waals surface area contributed by atoms with E-state index in [0.717, 1.165) is 44.3 Å². The molecule has 3 atom stereocenters. The average molecular weight is 463 g/mol. The van der Waals surface area contributed by atoms with E-state index in [9.17, 15) is 14.7 Å². The van der Waals surface area contributed by atoms with Crippen molar-refractivity contribution in [1.29, 1.82) is 0 Å². The fourth-order valence-electron chi connectivity index (χ4n) is 4.76. The Morgan fingerprint density at radius 1 is 1.12 bits per heavy atom. The van der Waals surface area contributed by atoms with E-state index in [1.165, 1.54) is 0 Å². The SMILES string of the molecule is CCCCN(CCCC)C(=O)CN1C[C@H](c2ccc3c(c2)OCO3)[C@H](C(=O)OCC)[C@H]1CO. The molecule has 0 aliphatic carbocycles. The second kappa shape index (κ2) is 12.2. The van der Waals surface area contributed by atoms with Crippen LogP contribution in [0.4, 0.5) is 0 Å². The molecule has 2 heterocycles. The highest BCUT2D eigenvalue weighted by molar-refractivity contribution is 5.79. The summed E-state index contributed by atoms with van der Waals surface area (Å²) in [5, 5.41) is 10.3. The molecule has 0 aromatic heterocycles. The molecule has 2 aliphatic heterocycles. The van der Waals surface area contributed by atoms with Gasteiger partial charge in [0.1, 0.15) is 0 Å². The molecule has 0 unspecified atom stereocenters. The molecule has 0 spiro atoms. The number of benzene rings is 1. The number of hydrogen-bond acceptors (Lipinski definition) is 7. The summed E-state index contributed by atoms with van der Waals surface area (Å²) in [6.07, 6.45) is 3.97. The van der Waals surface area contributed by atoms with Gasteiger partial charge in [-0.3, -0.25) is 14.5 Å². The van der Waals surface area contributed by atoms with Gasteiger partial charge in [0.05, 0.1) is 25.7 Å². The van der Waals surface area contributed by atoms with Crippen molar-refractivity contribution in [1.82, 2.24) is 9.80 Å². The Labute approximate surface area is 196 Å². The normalized spacial score (nSPS) is 21.9. The van der Waals surface area contributed by atoms with E-state index in [2.05, 4.69) is 13.8 Å². The highest BCUT2D eigenvalue weighted by Gasteiger charge is 2.48. The number of hydrogen-bond donors (Lipinski definition) is 1. The highest BCUT2D eigenvalue weighted by atomic mass is 16.7. The zero-order valence-electron chi connectivity index (χ0n) is 20.1. The van der Waals surface area contributed by atoms with Gasteiger partial charge in [-0.1, -0.05) is 32.8 Å². The first-order valence-electron chi connectivity index (χ1n) is 12.2. The number of unbranched alkanes of at least 4 members (excludes halogenated alkanes) is 2. The third-order valence-corrected chi connectivity index (χ3v) is 6.57. The molecule has 1 saturated heterocycles. The van der Waals surface area contributed by atoms with Crippen LogP contribution in [0.3, 0.4) is 0 Å². The quantitative estimate of drug-likeness (QED) is 0.478. The Bertz CT molecular complexity index is 793. The minimum absolute atomic E-state index is 0.0456. The molecule has 0 bridgehead atoms. The van der Waals surface area contributed by atoms with Crippen LogP contribution in [0, 0.1) is 5.92 Å². The number of fused-ring (bicyclic) bond motifs is 1. The molecule has 0 radical (unpaired) electrons. The van der Waals surface area contributed by atoms with Gasteiger partial charge in [0, 0.05) is 31.6 Å². The number of aliphatic hydroxyl groups is 1. The largest absolute Gasteiger partial charge is 0.466 e. The Balaban J connectivity index is 1.82. The third kappa shape index (κ3) is 5.98. The zero-order chi connectivity index (χ0) is 23.8. The number of ether oxygens (including phenoxy) is 3. The van der Waals surface area contributed by atoms with Gasteiger partial charge in [-0.25, -0.2) is 0 Å². The fourth-order valence-corrected chi connectivity index (χ4v) is 4.76. The molecule has 1 amide bonds. The van der Waals surface area contributed by atoms with Crippen LogP contribution in [0.25, 0.3) is 0 Å². The Morgan fingerprint density at radius 3 is 2.45 bits per heavy atom. The van der Waals surface area contributed by atoms with E-state index in [-0.39, 0.29) is 44.3 Å². The number of rotatable bonds is 12. The molecule has 8 nitrogen and oxygen atoms in total. The second-order valence-corrected chi connectivity index (χ2v) is 8.76. The van der Waals surface area contributed by atoms with Gasteiger partial charge >= 0.3 is 5.97 Å². The number of carbonyl (C=O) groups is 2. The van der Waals surface area contributed by atoms with Crippen molar-refractivity contribution in [2.75, 3.05) is 46.2 Å². The van der Waals surface area contributed by atoms with Crippen molar-refractivity contribution >= 4 is 11.9 Å². The molecular formula is C25H38N2O6. The summed E-state index contributed by atoms with van der Waals surface area (Å²) in [7, 11) is 0. The predicted molar refractivity (Wildman–Crippen MR) is 124 cm³/mol. The van der Waals surface area contributed by atoms with Gasteiger partial charge in [0.25, 0.3) is 0 Å². The van der Waals surface area contributed by atoms with E-state index < -0.39 is 12.0 Å². The predicted octanol–water partition coefficient (Wildman–Crippen LogP) is 2.78. The Morgan fingerprint density at radius 2 is 1.82 bits per heavy atom. The van der Waals surface area contributed by atoms with Crippen molar-refractivity contribution < 1.29 is 28.9 Å². The number of amides is 1. The van der Waals surface area contributed by atoms with Crippen LogP contribution in [0.2, 0.25) is 0 Å². The first-order chi connectivity index (χ1) is 16.0. The minimum Gasteiger partial charge on any atom is -0.466 e. The van der Waals surface area contributed by atoms with Crippen molar-refractivity contribution in [3.8, 4) is 11.5 Å². The summed E-state index contributed by atoms with van der Waals surface area (Å²) >= 11 is 0. The molecule has 1 N–H and O–H groups in total. The lowest BCUT2D eigenvalue weighted by atomic mass is 9.85. The topological polar surface area (TPSA) is 88.5 Å². The first kappa shape index (κ1) is 25.3. The van der Waals surface area contributed by atoms with Gasteiger partial charge < -0.3 is 24.2 Å². The molecule has 1 fully saturated rings. The maximum absolute atomic E-state index is 13.2. The van der Waals surface area contributed by atoms with E-state index in [0.29, 0.717) is 18.0 Å². The maximum Gasteiger partial charge on any atom is 0.311 e. The molecule has 8 heteroatoms. The van der Waals surface area contributed by atoms with Crippen LogP contribution in [0.5, 0.6) is 11.5 Å². The molecule has 1 aromatic carbocycles. The van der Waals surface area contributed by atoms with Crippen LogP contribution >= 0.6 is 0 Å². The smallest absolute Gasteiger partial charge is 0.311 e. The lowest BCUT2D eigenvalue weighted by molar-refractivity contribution is -0.150. The molecular weight excluding hydrogens is 424 g/mol. The fraction of sp³-hybridized carbons (Fsp3) is 0.680. The summed E-state index contributed by atoms with van der Waals surface area (Å²) in [5.74, 6) is 0.242. The summed E-state index contributed by atoms with van der Waals surface area (Å²) in [4.78, 5) is 30.1. The summed E-state index contributed by atoms with van der Waals surface area (Å²) in [6, 6.07) is 5.19. The Kier molecular flexibility index (Phi) is 9.38. The van der Waals surface area contributed by atoms with E-state index in [1.54, 1.807) is 6.92 Å². The Hall–Kier alpha value is -2.32. The summed E-state index contributed by atoms with van der Waals surface area (Å²) in [5.41, 5.74) is 0.916. The van der Waals surface area contributed by atoms with Crippen molar-refractivity contribution in [2.45, 2.75) is 58.4 Å². The third-order valence-electron chi connectivity index (χ3n) is 6.57. The minimum atomic E-state index is -0.567. The van der Waals surface area contributed by atoms with Crippen LogP contribution < -0.4 is 9.47 Å². The summed E-state index contributed by atoms with van der Waals surface area (Å²) < 4.78 is 16.3. The molecule has 0 saturated carbocycles. The molecule has 3 rings (SSSR count). The molecule has 1 aromatic rings. The second-order valence-electron chi connectivity index (χ2n) is 8.76.